The van der Waals surface area contributed by atoms with Crippen molar-refractivity contribution >= 4 is 16.6 Å². The van der Waals surface area contributed by atoms with Crippen molar-refractivity contribution in [3.8, 4) is 5.75 Å². The van der Waals surface area contributed by atoms with Gasteiger partial charge >= 0.3 is 6.18 Å². The molecule has 2 atom stereocenters. The Morgan fingerprint density at radius 2 is 1.91 bits per heavy atom. The third-order valence-electron chi connectivity index (χ3n) is 6.09. The number of rotatable bonds is 5. The number of benzene rings is 2. The zero-order valence-corrected chi connectivity index (χ0v) is 18.6. The van der Waals surface area contributed by atoms with Crippen molar-refractivity contribution in [3.63, 3.8) is 0 Å². The van der Waals surface area contributed by atoms with Crippen molar-refractivity contribution in [1.82, 2.24) is 15.1 Å². The highest BCUT2D eigenvalue weighted by atomic mass is 19.4. The zero-order chi connectivity index (χ0) is 23.0. The summed E-state index contributed by atoms with van der Waals surface area (Å²) in [5, 5.41) is 13.6. The van der Waals surface area contributed by atoms with Crippen molar-refractivity contribution in [2.75, 3.05) is 25.5 Å². The number of halogens is 3. The first kappa shape index (κ1) is 22.3. The van der Waals surface area contributed by atoms with Crippen molar-refractivity contribution in [1.29, 1.82) is 0 Å². The average molecular weight is 445 g/mol. The summed E-state index contributed by atoms with van der Waals surface area (Å²) < 4.78 is 46.2. The second-order valence-corrected chi connectivity index (χ2v) is 8.52. The van der Waals surface area contributed by atoms with Crippen LogP contribution in [-0.4, -0.2) is 41.3 Å². The van der Waals surface area contributed by atoms with Crippen LogP contribution in [0.15, 0.2) is 36.4 Å². The van der Waals surface area contributed by atoms with Gasteiger partial charge in [-0.2, -0.15) is 18.3 Å². The van der Waals surface area contributed by atoms with Gasteiger partial charge in [-0.25, -0.2) is 0 Å². The van der Waals surface area contributed by atoms with E-state index in [0.29, 0.717) is 11.4 Å². The van der Waals surface area contributed by atoms with Gasteiger partial charge in [0.1, 0.15) is 11.9 Å². The highest BCUT2D eigenvalue weighted by molar-refractivity contribution is 5.94. The number of fused-ring (bicyclic) bond motifs is 1. The first-order valence-electron chi connectivity index (χ1n) is 10.7. The lowest BCUT2D eigenvalue weighted by Gasteiger charge is -2.21. The number of nitrogens with one attached hydrogen (secondary N) is 1. The normalized spacial score (nSPS) is 18.2. The molecule has 1 N–H and O–H groups in total. The lowest BCUT2D eigenvalue weighted by atomic mass is 9.97. The molecule has 0 aliphatic carbocycles. The van der Waals surface area contributed by atoms with Gasteiger partial charge in [-0.1, -0.05) is 12.1 Å². The molecule has 170 valence electrons. The minimum absolute atomic E-state index is 0.136. The second kappa shape index (κ2) is 8.58. The summed E-state index contributed by atoms with van der Waals surface area (Å²) in [7, 11) is 2.07. The monoisotopic (exact) mass is 444 g/mol. The third-order valence-corrected chi connectivity index (χ3v) is 6.09. The van der Waals surface area contributed by atoms with E-state index in [1.165, 1.54) is 13.0 Å². The number of likely N-dealkylation sites (tertiary alicyclic amines) is 1. The average Bonchev–Trinajstić information content (AvgIpc) is 3.14. The van der Waals surface area contributed by atoms with Crippen LogP contribution in [0.1, 0.15) is 41.8 Å². The van der Waals surface area contributed by atoms with Crippen LogP contribution in [0, 0.1) is 13.8 Å². The van der Waals surface area contributed by atoms with E-state index in [1.54, 1.807) is 6.07 Å². The van der Waals surface area contributed by atoms with Gasteiger partial charge in [0.25, 0.3) is 0 Å². The number of hydrogen-bond donors (Lipinski definition) is 1. The Morgan fingerprint density at radius 1 is 1.12 bits per heavy atom. The Balaban J connectivity index is 1.65. The van der Waals surface area contributed by atoms with E-state index in [-0.39, 0.29) is 11.7 Å². The Labute approximate surface area is 185 Å². The second-order valence-electron chi connectivity index (χ2n) is 8.52. The molecule has 0 spiro atoms. The molecule has 1 unspecified atom stereocenters. The standard InChI is InChI=1S/C24H27F3N4O/c1-14-19(6-5-7-22(14)24(25,26)27)15(2)28-23-21-12-17(32-18-10-11-31(4)13-18)8-9-20(21)16(3)29-30-23/h5-9,12,15,18H,10-11,13H2,1-4H3,(H,28,30)/t15-,18?/m1/s1. The lowest BCUT2D eigenvalue weighted by Crippen LogP contribution is -2.21. The van der Waals surface area contributed by atoms with Gasteiger partial charge in [0.05, 0.1) is 17.3 Å². The van der Waals surface area contributed by atoms with Crippen LogP contribution in [0.5, 0.6) is 5.75 Å². The van der Waals surface area contributed by atoms with Crippen LogP contribution in [-0.2, 0) is 6.18 Å². The Bertz CT molecular complexity index is 1130. The van der Waals surface area contributed by atoms with E-state index in [2.05, 4.69) is 27.5 Å². The van der Waals surface area contributed by atoms with Crippen molar-refractivity contribution in [2.24, 2.45) is 0 Å². The molecule has 5 nitrogen and oxygen atoms in total. The van der Waals surface area contributed by atoms with E-state index in [0.717, 1.165) is 47.8 Å². The van der Waals surface area contributed by atoms with E-state index in [1.807, 2.05) is 32.0 Å². The topological polar surface area (TPSA) is 50.3 Å². The SMILES string of the molecule is Cc1c([C@@H](C)Nc2nnc(C)c3ccc(OC4CCN(C)C4)cc23)cccc1C(F)(F)F. The predicted octanol–water partition coefficient (Wildman–Crippen LogP) is 5.52. The number of aromatic nitrogens is 2. The highest BCUT2D eigenvalue weighted by Gasteiger charge is 2.33. The molecule has 1 saturated heterocycles. The van der Waals surface area contributed by atoms with Gasteiger partial charge in [0.15, 0.2) is 5.82 Å². The van der Waals surface area contributed by atoms with E-state index in [9.17, 15) is 13.2 Å². The molecule has 1 aliphatic heterocycles. The van der Waals surface area contributed by atoms with Gasteiger partial charge in [0.2, 0.25) is 0 Å². The molecule has 4 rings (SSSR count). The quantitative estimate of drug-likeness (QED) is 0.562. The largest absolute Gasteiger partial charge is 0.489 e. The summed E-state index contributed by atoms with van der Waals surface area (Å²) in [4.78, 5) is 2.23. The molecule has 1 fully saturated rings. The fourth-order valence-electron chi connectivity index (χ4n) is 4.34. The van der Waals surface area contributed by atoms with Gasteiger partial charge < -0.3 is 15.0 Å². The lowest BCUT2D eigenvalue weighted by molar-refractivity contribution is -0.138. The number of anilines is 1. The smallest absolute Gasteiger partial charge is 0.416 e. The van der Waals surface area contributed by atoms with Crippen LogP contribution in [0.4, 0.5) is 19.0 Å². The van der Waals surface area contributed by atoms with Crippen LogP contribution >= 0.6 is 0 Å². The van der Waals surface area contributed by atoms with Crippen LogP contribution in [0.2, 0.25) is 0 Å². The molecule has 2 aromatic carbocycles. The van der Waals surface area contributed by atoms with Gasteiger partial charge in [0, 0.05) is 23.9 Å². The number of aryl methyl sites for hydroxylation is 1. The maximum absolute atomic E-state index is 13.3. The minimum Gasteiger partial charge on any atom is -0.489 e. The molecule has 0 radical (unpaired) electrons. The Morgan fingerprint density at radius 3 is 2.59 bits per heavy atom. The van der Waals surface area contributed by atoms with Gasteiger partial charge in [-0.3, -0.25) is 0 Å². The maximum Gasteiger partial charge on any atom is 0.416 e. The molecular weight excluding hydrogens is 417 g/mol. The van der Waals surface area contributed by atoms with Crippen molar-refractivity contribution in [2.45, 2.75) is 45.5 Å². The summed E-state index contributed by atoms with van der Waals surface area (Å²) in [5.41, 5.74) is 0.928. The number of hydrogen-bond acceptors (Lipinski definition) is 5. The van der Waals surface area contributed by atoms with Crippen LogP contribution < -0.4 is 10.1 Å². The Kier molecular flexibility index (Phi) is 5.99. The van der Waals surface area contributed by atoms with E-state index in [4.69, 9.17) is 4.74 Å². The Hall–Kier alpha value is -2.87. The molecule has 32 heavy (non-hydrogen) atoms. The van der Waals surface area contributed by atoms with Gasteiger partial charge in [-0.15, -0.1) is 5.10 Å². The summed E-state index contributed by atoms with van der Waals surface area (Å²) >= 11 is 0. The molecule has 0 saturated carbocycles. The molecular formula is C24H27F3N4O. The fourth-order valence-corrected chi connectivity index (χ4v) is 4.34. The molecule has 0 amide bonds. The first-order valence-corrected chi connectivity index (χ1v) is 10.7. The van der Waals surface area contributed by atoms with Crippen molar-refractivity contribution < 1.29 is 17.9 Å². The highest BCUT2D eigenvalue weighted by Crippen LogP contribution is 2.36. The number of alkyl halides is 3. The van der Waals surface area contributed by atoms with E-state index < -0.39 is 17.8 Å². The molecule has 8 heteroatoms. The molecule has 1 aliphatic rings. The third kappa shape index (κ3) is 4.50. The number of likely N-dealkylation sites (N-methyl/N-ethyl adjacent to an activating group) is 1. The molecule has 1 aromatic heterocycles. The number of nitrogens with zero attached hydrogens (tertiary/aromatic N) is 3. The zero-order valence-electron chi connectivity index (χ0n) is 18.6. The summed E-state index contributed by atoms with van der Waals surface area (Å²) in [6.07, 6.45) is -3.29. The molecule has 0 bridgehead atoms. The maximum atomic E-state index is 13.3. The first-order chi connectivity index (χ1) is 15.1. The number of ether oxygens (including phenoxy) is 1. The van der Waals surface area contributed by atoms with Crippen LogP contribution in [0.3, 0.4) is 0 Å². The van der Waals surface area contributed by atoms with E-state index >= 15 is 0 Å². The molecule has 3 aromatic rings. The van der Waals surface area contributed by atoms with Crippen molar-refractivity contribution in [3.05, 3.63) is 58.8 Å². The molecule has 2 heterocycles. The van der Waals surface area contributed by atoms with Gasteiger partial charge in [-0.05, 0) is 69.6 Å². The fraction of sp³-hybridized carbons (Fsp3) is 0.417. The summed E-state index contributed by atoms with van der Waals surface area (Å²) in [5.74, 6) is 1.26. The minimum atomic E-state index is -4.39. The summed E-state index contributed by atoms with van der Waals surface area (Å²) in [6.45, 7) is 7.09. The van der Waals surface area contributed by atoms with Crippen LogP contribution in [0.25, 0.3) is 10.8 Å². The summed E-state index contributed by atoms with van der Waals surface area (Å²) in [6, 6.07) is 9.67. The predicted molar refractivity (Wildman–Crippen MR) is 119 cm³/mol.